The normalized spacial score (nSPS) is 23.8. The third-order valence-electron chi connectivity index (χ3n) is 4.31. The summed E-state index contributed by atoms with van der Waals surface area (Å²) in [6.07, 6.45) is 3.80. The van der Waals surface area contributed by atoms with Crippen molar-refractivity contribution in [3.63, 3.8) is 0 Å². The van der Waals surface area contributed by atoms with Crippen molar-refractivity contribution < 1.29 is 0 Å². The molecule has 0 spiro atoms. The van der Waals surface area contributed by atoms with Crippen molar-refractivity contribution in [2.75, 3.05) is 6.54 Å². The van der Waals surface area contributed by atoms with Crippen molar-refractivity contribution in [3.05, 3.63) is 34.3 Å². The zero-order chi connectivity index (χ0) is 13.2. The molecule has 1 aliphatic rings. The predicted octanol–water partition coefficient (Wildman–Crippen LogP) is 4.72. The van der Waals surface area contributed by atoms with Gasteiger partial charge in [-0.2, -0.15) is 0 Å². The van der Waals surface area contributed by atoms with Crippen molar-refractivity contribution in [1.29, 1.82) is 0 Å². The van der Waals surface area contributed by atoms with Crippen molar-refractivity contribution in [2.24, 2.45) is 5.41 Å². The molecule has 0 aromatic heterocycles. The third-order valence-corrected chi connectivity index (χ3v) is 5.03. The van der Waals surface area contributed by atoms with Crippen LogP contribution < -0.4 is 5.32 Å². The van der Waals surface area contributed by atoms with Gasteiger partial charge in [0.15, 0.2) is 0 Å². The van der Waals surface area contributed by atoms with E-state index in [2.05, 4.69) is 66.3 Å². The molecular weight excluding hydrogens is 286 g/mol. The standard InChI is InChI=1S/C16H24BrN/c1-4-16(2,3)11-18-13-9-12(10-13)14-7-5-6-8-15(14)17/h5-8,12-13,18H,4,9-11H2,1-3H3. The molecule has 1 N–H and O–H groups in total. The van der Waals surface area contributed by atoms with Crippen LogP contribution in [0.3, 0.4) is 0 Å². The monoisotopic (exact) mass is 309 g/mol. The predicted molar refractivity (Wildman–Crippen MR) is 82.0 cm³/mol. The molecule has 1 nitrogen and oxygen atoms in total. The van der Waals surface area contributed by atoms with Gasteiger partial charge in [0.05, 0.1) is 0 Å². The summed E-state index contributed by atoms with van der Waals surface area (Å²) in [7, 11) is 0. The molecule has 1 aromatic rings. The fraction of sp³-hybridized carbons (Fsp3) is 0.625. The van der Waals surface area contributed by atoms with E-state index in [1.165, 1.54) is 29.3 Å². The van der Waals surface area contributed by atoms with Crippen LogP contribution >= 0.6 is 15.9 Å². The van der Waals surface area contributed by atoms with Crippen LogP contribution in [0.5, 0.6) is 0 Å². The smallest absolute Gasteiger partial charge is 0.0210 e. The maximum Gasteiger partial charge on any atom is 0.0210 e. The van der Waals surface area contributed by atoms with Crippen LogP contribution in [0.25, 0.3) is 0 Å². The van der Waals surface area contributed by atoms with Gasteiger partial charge in [-0.15, -0.1) is 0 Å². The summed E-state index contributed by atoms with van der Waals surface area (Å²) in [6, 6.07) is 9.34. The Balaban J connectivity index is 1.79. The molecule has 1 saturated carbocycles. The third kappa shape index (κ3) is 3.36. The summed E-state index contributed by atoms with van der Waals surface area (Å²) in [5.74, 6) is 0.739. The van der Waals surface area contributed by atoms with Crippen LogP contribution in [0.15, 0.2) is 28.7 Å². The Morgan fingerprint density at radius 2 is 1.94 bits per heavy atom. The Morgan fingerprint density at radius 3 is 2.56 bits per heavy atom. The van der Waals surface area contributed by atoms with E-state index in [-0.39, 0.29) is 0 Å². The van der Waals surface area contributed by atoms with Gasteiger partial charge in [0, 0.05) is 17.1 Å². The zero-order valence-corrected chi connectivity index (χ0v) is 13.3. The second-order valence-electron chi connectivity index (χ2n) is 6.29. The lowest BCUT2D eigenvalue weighted by molar-refractivity contribution is 0.239. The maximum absolute atomic E-state index is 3.71. The molecule has 1 fully saturated rings. The number of hydrogen-bond acceptors (Lipinski definition) is 1. The molecule has 2 heteroatoms. The summed E-state index contributed by atoms with van der Waals surface area (Å²) in [4.78, 5) is 0. The number of rotatable bonds is 5. The van der Waals surface area contributed by atoms with Gasteiger partial charge in [-0.05, 0) is 42.2 Å². The number of nitrogens with one attached hydrogen (secondary N) is 1. The van der Waals surface area contributed by atoms with Gasteiger partial charge in [-0.25, -0.2) is 0 Å². The van der Waals surface area contributed by atoms with Gasteiger partial charge in [0.25, 0.3) is 0 Å². The van der Waals surface area contributed by atoms with E-state index in [0.717, 1.165) is 12.5 Å². The number of hydrogen-bond donors (Lipinski definition) is 1. The van der Waals surface area contributed by atoms with Gasteiger partial charge < -0.3 is 5.32 Å². The van der Waals surface area contributed by atoms with Crippen LogP contribution in [0.4, 0.5) is 0 Å². The summed E-state index contributed by atoms with van der Waals surface area (Å²) >= 11 is 3.65. The maximum atomic E-state index is 3.71. The highest BCUT2D eigenvalue weighted by molar-refractivity contribution is 9.10. The largest absolute Gasteiger partial charge is 0.313 e. The first kappa shape index (κ1) is 14.1. The summed E-state index contributed by atoms with van der Waals surface area (Å²) in [5.41, 5.74) is 1.91. The molecule has 100 valence electrons. The Bertz CT molecular complexity index is 394. The molecule has 0 amide bonds. The highest BCUT2D eigenvalue weighted by Crippen LogP contribution is 2.40. The first-order chi connectivity index (χ1) is 8.52. The molecule has 2 rings (SSSR count). The molecule has 0 radical (unpaired) electrons. The first-order valence-electron chi connectivity index (χ1n) is 6.99. The van der Waals surface area contributed by atoms with Gasteiger partial charge in [0.2, 0.25) is 0 Å². The molecule has 0 heterocycles. The molecule has 1 aliphatic carbocycles. The minimum atomic E-state index is 0.429. The van der Waals surface area contributed by atoms with Crippen molar-refractivity contribution in [2.45, 2.75) is 52.0 Å². The molecule has 1 aromatic carbocycles. The van der Waals surface area contributed by atoms with E-state index in [0.29, 0.717) is 11.5 Å². The Labute approximate surface area is 119 Å². The number of halogens is 1. The molecule has 0 saturated heterocycles. The van der Waals surface area contributed by atoms with E-state index in [4.69, 9.17) is 0 Å². The average molecular weight is 310 g/mol. The topological polar surface area (TPSA) is 12.0 Å². The van der Waals surface area contributed by atoms with Crippen LogP contribution in [0.2, 0.25) is 0 Å². The van der Waals surface area contributed by atoms with Crippen LogP contribution in [-0.2, 0) is 0 Å². The first-order valence-corrected chi connectivity index (χ1v) is 7.79. The average Bonchev–Trinajstić information content (AvgIpc) is 2.29. The second kappa shape index (κ2) is 5.75. The Kier molecular flexibility index (Phi) is 4.50. The molecule has 0 unspecified atom stereocenters. The highest BCUT2D eigenvalue weighted by Gasteiger charge is 2.31. The Hall–Kier alpha value is -0.340. The molecular formula is C16H24BrN. The lowest BCUT2D eigenvalue weighted by Crippen LogP contribution is -2.44. The summed E-state index contributed by atoms with van der Waals surface area (Å²) < 4.78 is 1.27. The minimum Gasteiger partial charge on any atom is -0.313 e. The van der Waals surface area contributed by atoms with Gasteiger partial charge in [-0.3, -0.25) is 0 Å². The molecule has 18 heavy (non-hydrogen) atoms. The molecule has 0 aliphatic heterocycles. The van der Waals surface area contributed by atoms with Crippen LogP contribution in [0.1, 0.15) is 51.5 Å². The van der Waals surface area contributed by atoms with Gasteiger partial charge in [-0.1, -0.05) is 54.9 Å². The van der Waals surface area contributed by atoms with E-state index in [1.807, 2.05) is 0 Å². The van der Waals surface area contributed by atoms with E-state index >= 15 is 0 Å². The van der Waals surface area contributed by atoms with E-state index in [9.17, 15) is 0 Å². The lowest BCUT2D eigenvalue weighted by Gasteiger charge is -2.39. The van der Waals surface area contributed by atoms with Crippen molar-refractivity contribution in [3.8, 4) is 0 Å². The number of benzene rings is 1. The molecule has 0 atom stereocenters. The van der Waals surface area contributed by atoms with Gasteiger partial charge >= 0.3 is 0 Å². The summed E-state index contributed by atoms with van der Waals surface area (Å²) in [5, 5.41) is 3.71. The minimum absolute atomic E-state index is 0.429. The van der Waals surface area contributed by atoms with Crippen molar-refractivity contribution >= 4 is 15.9 Å². The second-order valence-corrected chi connectivity index (χ2v) is 7.14. The quantitative estimate of drug-likeness (QED) is 0.829. The lowest BCUT2D eigenvalue weighted by atomic mass is 9.75. The van der Waals surface area contributed by atoms with E-state index in [1.54, 1.807) is 0 Å². The SMILES string of the molecule is CCC(C)(C)CNC1CC(c2ccccc2Br)C1. The van der Waals surface area contributed by atoms with Crippen LogP contribution in [-0.4, -0.2) is 12.6 Å². The zero-order valence-electron chi connectivity index (χ0n) is 11.7. The highest BCUT2D eigenvalue weighted by atomic mass is 79.9. The van der Waals surface area contributed by atoms with Crippen LogP contribution in [0, 0.1) is 5.41 Å². The fourth-order valence-electron chi connectivity index (χ4n) is 2.39. The molecule has 0 bridgehead atoms. The van der Waals surface area contributed by atoms with Gasteiger partial charge in [0.1, 0.15) is 0 Å². The van der Waals surface area contributed by atoms with E-state index < -0.39 is 0 Å². The fourth-order valence-corrected chi connectivity index (χ4v) is 3.00. The van der Waals surface area contributed by atoms with Crippen molar-refractivity contribution in [1.82, 2.24) is 5.32 Å². The Morgan fingerprint density at radius 1 is 1.28 bits per heavy atom. The summed E-state index contributed by atoms with van der Waals surface area (Å²) in [6.45, 7) is 8.08.